The van der Waals surface area contributed by atoms with E-state index in [1.165, 1.54) is 12.1 Å². The summed E-state index contributed by atoms with van der Waals surface area (Å²) in [5.41, 5.74) is -0.148. The SMILES string of the molecule is O=C1OCCOCCOCCOCCOC(=O)c2cc(Cl)cc1n2. The van der Waals surface area contributed by atoms with E-state index in [2.05, 4.69) is 4.98 Å². The third kappa shape index (κ3) is 6.40. The average molecular weight is 360 g/mol. The molecule has 1 aromatic heterocycles. The van der Waals surface area contributed by atoms with Gasteiger partial charge in [0.05, 0.1) is 39.6 Å². The van der Waals surface area contributed by atoms with Gasteiger partial charge in [0.15, 0.2) is 11.4 Å². The number of rotatable bonds is 0. The summed E-state index contributed by atoms with van der Waals surface area (Å²) in [6.45, 7) is 2.13. The molecule has 1 aromatic rings. The molecule has 1 aliphatic heterocycles. The maximum absolute atomic E-state index is 11.9. The van der Waals surface area contributed by atoms with Crippen molar-refractivity contribution in [2.45, 2.75) is 0 Å². The van der Waals surface area contributed by atoms with Gasteiger partial charge < -0.3 is 23.7 Å². The number of ether oxygens (including phenoxy) is 5. The van der Waals surface area contributed by atoms with Crippen LogP contribution in [0.15, 0.2) is 12.1 Å². The van der Waals surface area contributed by atoms with Gasteiger partial charge >= 0.3 is 11.9 Å². The van der Waals surface area contributed by atoms with Crippen LogP contribution >= 0.6 is 11.6 Å². The number of aromatic nitrogens is 1. The van der Waals surface area contributed by atoms with E-state index in [4.69, 9.17) is 35.3 Å². The van der Waals surface area contributed by atoms with Crippen LogP contribution in [0.25, 0.3) is 0 Å². The van der Waals surface area contributed by atoms with Gasteiger partial charge in [0, 0.05) is 5.02 Å². The van der Waals surface area contributed by atoms with E-state index in [9.17, 15) is 9.59 Å². The predicted octanol–water partition coefficient (Wildman–Crippen LogP) is 1.11. The second-order valence-corrected chi connectivity index (χ2v) is 5.10. The Morgan fingerprint density at radius 2 is 1.08 bits per heavy atom. The molecule has 1 aliphatic rings. The third-order valence-electron chi connectivity index (χ3n) is 2.87. The average Bonchev–Trinajstić information content (AvgIpc) is 2.57. The van der Waals surface area contributed by atoms with E-state index in [0.29, 0.717) is 26.4 Å². The lowest BCUT2D eigenvalue weighted by molar-refractivity contribution is -0.00739. The van der Waals surface area contributed by atoms with E-state index in [1.807, 2.05) is 0 Å². The van der Waals surface area contributed by atoms with Gasteiger partial charge in [0.25, 0.3) is 0 Å². The zero-order valence-corrected chi connectivity index (χ0v) is 13.8. The van der Waals surface area contributed by atoms with E-state index < -0.39 is 11.9 Å². The van der Waals surface area contributed by atoms with Crippen LogP contribution in [-0.4, -0.2) is 69.8 Å². The van der Waals surface area contributed by atoms with Crippen LogP contribution in [0.2, 0.25) is 5.02 Å². The quantitative estimate of drug-likeness (QED) is 0.636. The zero-order valence-electron chi connectivity index (χ0n) is 13.0. The lowest BCUT2D eigenvalue weighted by Crippen LogP contribution is -2.18. The summed E-state index contributed by atoms with van der Waals surface area (Å²) in [4.78, 5) is 27.8. The number of nitrogens with zero attached hydrogens (tertiary/aromatic N) is 1. The van der Waals surface area contributed by atoms with Crippen molar-refractivity contribution in [3.63, 3.8) is 0 Å². The Labute approximate surface area is 143 Å². The highest BCUT2D eigenvalue weighted by atomic mass is 35.5. The molecule has 0 aliphatic carbocycles. The van der Waals surface area contributed by atoms with Gasteiger partial charge in [-0.2, -0.15) is 0 Å². The molecular weight excluding hydrogens is 342 g/mol. The summed E-state index contributed by atoms with van der Waals surface area (Å²) in [6, 6.07) is 2.63. The van der Waals surface area contributed by atoms with Crippen LogP contribution in [0.5, 0.6) is 0 Å². The number of fused-ring (bicyclic) bond motifs is 2. The van der Waals surface area contributed by atoms with Gasteiger partial charge in [-0.3, -0.25) is 0 Å². The topological polar surface area (TPSA) is 93.2 Å². The minimum atomic E-state index is -0.698. The van der Waals surface area contributed by atoms with E-state index in [-0.39, 0.29) is 42.8 Å². The maximum Gasteiger partial charge on any atom is 0.357 e. The molecule has 0 atom stereocenters. The Morgan fingerprint density at radius 3 is 1.50 bits per heavy atom. The van der Waals surface area contributed by atoms with E-state index in [1.54, 1.807) is 0 Å². The normalized spacial score (nSPS) is 18.9. The van der Waals surface area contributed by atoms with Crippen molar-refractivity contribution in [3.05, 3.63) is 28.5 Å². The van der Waals surface area contributed by atoms with E-state index >= 15 is 0 Å². The van der Waals surface area contributed by atoms with Crippen molar-refractivity contribution in [2.75, 3.05) is 52.9 Å². The largest absolute Gasteiger partial charge is 0.459 e. The lowest BCUT2D eigenvalue weighted by Gasteiger charge is -2.10. The fourth-order valence-corrected chi connectivity index (χ4v) is 1.99. The molecule has 2 heterocycles. The molecule has 8 nitrogen and oxygen atoms in total. The number of hydrogen-bond donors (Lipinski definition) is 0. The molecule has 0 spiro atoms. The maximum atomic E-state index is 11.9. The molecule has 9 heteroatoms. The number of carbonyl (C=O) groups is 2. The molecule has 132 valence electrons. The molecule has 0 saturated carbocycles. The predicted molar refractivity (Wildman–Crippen MR) is 82.3 cm³/mol. The Hall–Kier alpha value is -1.74. The highest BCUT2D eigenvalue weighted by Gasteiger charge is 2.16. The van der Waals surface area contributed by atoms with Gasteiger partial charge in [-0.1, -0.05) is 11.6 Å². The number of cyclic esters (lactones) is 2. The zero-order chi connectivity index (χ0) is 17.2. The Morgan fingerprint density at radius 1 is 0.708 bits per heavy atom. The first-order chi connectivity index (χ1) is 11.7. The van der Waals surface area contributed by atoms with Gasteiger partial charge in [-0.05, 0) is 12.1 Å². The van der Waals surface area contributed by atoms with Crippen LogP contribution in [-0.2, 0) is 23.7 Å². The van der Waals surface area contributed by atoms with Crippen molar-refractivity contribution in [3.8, 4) is 0 Å². The van der Waals surface area contributed by atoms with Crippen molar-refractivity contribution in [1.29, 1.82) is 0 Å². The summed E-state index contributed by atoms with van der Waals surface area (Å²) in [5.74, 6) is -1.40. The highest BCUT2D eigenvalue weighted by molar-refractivity contribution is 6.31. The fraction of sp³-hybridized carbons (Fsp3) is 0.533. The number of carbonyl (C=O) groups excluding carboxylic acids is 2. The Bertz CT molecular complexity index is 523. The molecule has 0 aromatic carbocycles. The molecular formula is C15H18ClNO7. The molecule has 0 saturated heterocycles. The summed E-state index contributed by atoms with van der Waals surface area (Å²) >= 11 is 5.91. The van der Waals surface area contributed by atoms with Gasteiger partial charge in [-0.15, -0.1) is 0 Å². The molecule has 0 N–H and O–H groups in total. The Kier molecular flexibility index (Phi) is 7.90. The lowest BCUT2D eigenvalue weighted by atomic mass is 10.3. The molecule has 0 radical (unpaired) electrons. The Balaban J connectivity index is 2.03. The molecule has 24 heavy (non-hydrogen) atoms. The smallest absolute Gasteiger partial charge is 0.357 e. The van der Waals surface area contributed by atoms with Gasteiger partial charge in [-0.25, -0.2) is 14.6 Å². The van der Waals surface area contributed by atoms with Gasteiger partial charge in [0.2, 0.25) is 0 Å². The van der Waals surface area contributed by atoms with Crippen molar-refractivity contribution < 1.29 is 33.3 Å². The van der Waals surface area contributed by atoms with Crippen molar-refractivity contribution in [1.82, 2.24) is 4.98 Å². The van der Waals surface area contributed by atoms with Crippen LogP contribution < -0.4 is 0 Å². The van der Waals surface area contributed by atoms with Crippen molar-refractivity contribution >= 4 is 23.5 Å². The molecule has 2 bridgehead atoms. The first-order valence-corrected chi connectivity index (χ1v) is 7.79. The first kappa shape index (κ1) is 18.6. The first-order valence-electron chi connectivity index (χ1n) is 7.42. The minimum Gasteiger partial charge on any atom is -0.459 e. The second kappa shape index (κ2) is 10.2. The minimum absolute atomic E-state index is 0.0515. The number of halogens is 1. The molecule has 2 rings (SSSR count). The van der Waals surface area contributed by atoms with Crippen LogP contribution in [0.1, 0.15) is 21.0 Å². The number of pyridine rings is 1. The van der Waals surface area contributed by atoms with Crippen LogP contribution in [0.4, 0.5) is 0 Å². The summed E-state index contributed by atoms with van der Waals surface area (Å²) < 4.78 is 25.8. The number of esters is 2. The third-order valence-corrected chi connectivity index (χ3v) is 3.09. The molecule has 0 fully saturated rings. The number of hydrogen-bond acceptors (Lipinski definition) is 8. The van der Waals surface area contributed by atoms with Gasteiger partial charge in [0.1, 0.15) is 13.2 Å². The highest BCUT2D eigenvalue weighted by Crippen LogP contribution is 2.14. The summed E-state index contributed by atoms with van der Waals surface area (Å²) in [7, 11) is 0. The summed E-state index contributed by atoms with van der Waals surface area (Å²) in [6.07, 6.45) is 0. The van der Waals surface area contributed by atoms with Crippen molar-refractivity contribution in [2.24, 2.45) is 0 Å². The fourth-order valence-electron chi connectivity index (χ4n) is 1.78. The van der Waals surface area contributed by atoms with Crippen LogP contribution in [0, 0.1) is 0 Å². The van der Waals surface area contributed by atoms with Crippen LogP contribution in [0.3, 0.4) is 0 Å². The molecule has 0 unspecified atom stereocenters. The standard InChI is InChI=1S/C15H18ClNO7/c16-11-9-12-14(18)23-7-5-21-3-1-20-2-4-22-6-8-24-15(19)13(10-11)17-12/h9-10H,1-8H2. The molecule has 0 amide bonds. The monoisotopic (exact) mass is 359 g/mol. The summed E-state index contributed by atoms with van der Waals surface area (Å²) in [5, 5.41) is 0.183. The second-order valence-electron chi connectivity index (χ2n) is 4.66. The van der Waals surface area contributed by atoms with E-state index in [0.717, 1.165) is 0 Å².